The van der Waals surface area contributed by atoms with Crippen molar-refractivity contribution in [2.75, 3.05) is 7.11 Å². The fraction of sp³-hybridized carbons (Fsp3) is 0.0556. The number of aromatic nitrogens is 2. The average molecular weight is 515 g/mol. The Hall–Kier alpha value is -2.04. The highest BCUT2D eigenvalue weighted by atomic mass is 127. The number of carboxylic acid groups (broad SMARTS) is 1. The highest BCUT2D eigenvalue weighted by molar-refractivity contribution is 14.1. The van der Waals surface area contributed by atoms with Crippen molar-refractivity contribution in [2.24, 2.45) is 0 Å². The van der Waals surface area contributed by atoms with Gasteiger partial charge in [0, 0.05) is 8.59 Å². The largest absolute Gasteiger partial charge is 0.496 e. The topological polar surface area (TPSA) is 85.5 Å². The molecule has 0 aliphatic carbocycles. The molecule has 1 heterocycles. The van der Waals surface area contributed by atoms with Crippen LogP contribution < -0.4 is 4.74 Å². The second-order valence-electron chi connectivity index (χ2n) is 5.19. The van der Waals surface area contributed by atoms with E-state index in [4.69, 9.17) is 20.8 Å². The van der Waals surface area contributed by atoms with E-state index in [9.17, 15) is 9.90 Å². The predicted octanol–water partition coefficient (Wildman–Crippen LogP) is 5.22. The van der Waals surface area contributed by atoms with Crippen LogP contribution in [-0.4, -0.2) is 28.4 Å². The number of thioether (sulfide) groups is 1. The molecule has 2 aromatic carbocycles. The third kappa shape index (κ3) is 5.02. The maximum Gasteiger partial charge on any atom is 0.342 e. The van der Waals surface area contributed by atoms with Gasteiger partial charge in [0.2, 0.25) is 0 Å². The van der Waals surface area contributed by atoms with Crippen molar-refractivity contribution in [3.8, 4) is 17.2 Å². The Balaban J connectivity index is 1.88. The molecule has 138 valence electrons. The van der Waals surface area contributed by atoms with E-state index in [1.165, 1.54) is 7.11 Å². The summed E-state index contributed by atoms with van der Waals surface area (Å²) in [4.78, 5) is 11.6. The van der Waals surface area contributed by atoms with Gasteiger partial charge < -0.3 is 14.3 Å². The number of hydrogen-bond acceptors (Lipinski definition) is 6. The normalized spacial score (nSPS) is 11.4. The minimum absolute atomic E-state index is 0.0597. The molecule has 0 aliphatic rings. The van der Waals surface area contributed by atoms with E-state index in [1.54, 1.807) is 24.3 Å². The first-order valence-corrected chi connectivity index (χ1v) is 9.79. The standard InChI is InChI=1S/C18H12ClIN2O4S/c1-25-14-7-4-11(19)9-13(14)16-21-22-18(26-16)27-15(17(23)24)8-10-2-5-12(20)6-3-10/h2-9H,1H3,(H,23,24)/b15-8-. The lowest BCUT2D eigenvalue weighted by atomic mass is 10.2. The number of hydrogen-bond donors (Lipinski definition) is 1. The first kappa shape index (κ1) is 19.7. The smallest absolute Gasteiger partial charge is 0.342 e. The van der Waals surface area contributed by atoms with Gasteiger partial charge in [-0.25, -0.2) is 4.79 Å². The van der Waals surface area contributed by atoms with Gasteiger partial charge in [-0.1, -0.05) is 23.7 Å². The monoisotopic (exact) mass is 514 g/mol. The summed E-state index contributed by atoms with van der Waals surface area (Å²) in [7, 11) is 1.52. The summed E-state index contributed by atoms with van der Waals surface area (Å²) in [5, 5.41) is 18.0. The van der Waals surface area contributed by atoms with Gasteiger partial charge in [-0.2, -0.15) is 0 Å². The molecular weight excluding hydrogens is 503 g/mol. The van der Waals surface area contributed by atoms with Crippen LogP contribution in [0, 0.1) is 3.57 Å². The number of aliphatic carboxylic acids is 1. The third-order valence-corrected chi connectivity index (χ3v) is 5.18. The highest BCUT2D eigenvalue weighted by Gasteiger charge is 2.18. The molecule has 0 saturated carbocycles. The quantitative estimate of drug-likeness (QED) is 0.274. The molecule has 0 atom stereocenters. The Kier molecular flexibility index (Phi) is 6.40. The van der Waals surface area contributed by atoms with E-state index < -0.39 is 5.97 Å². The van der Waals surface area contributed by atoms with Gasteiger partial charge in [-0.15, -0.1) is 10.2 Å². The van der Waals surface area contributed by atoms with Crippen molar-refractivity contribution in [2.45, 2.75) is 5.22 Å². The maximum atomic E-state index is 11.6. The van der Waals surface area contributed by atoms with E-state index in [1.807, 2.05) is 24.3 Å². The molecule has 0 aliphatic heterocycles. The lowest BCUT2D eigenvalue weighted by Crippen LogP contribution is -1.96. The van der Waals surface area contributed by atoms with E-state index in [0.29, 0.717) is 16.3 Å². The van der Waals surface area contributed by atoms with Crippen molar-refractivity contribution < 1.29 is 19.1 Å². The highest BCUT2D eigenvalue weighted by Crippen LogP contribution is 2.35. The number of carboxylic acids is 1. The number of methoxy groups -OCH3 is 1. The molecule has 6 nitrogen and oxygen atoms in total. The van der Waals surface area contributed by atoms with Gasteiger partial charge >= 0.3 is 5.97 Å². The number of halogens is 2. The van der Waals surface area contributed by atoms with Crippen LogP contribution in [0.25, 0.3) is 17.5 Å². The SMILES string of the molecule is COc1ccc(Cl)cc1-c1nnc(S/C(=C\c2ccc(I)cc2)C(=O)O)o1. The Morgan fingerprint density at radius 1 is 1.26 bits per heavy atom. The van der Waals surface area contributed by atoms with Crippen molar-refractivity contribution >= 4 is 58.0 Å². The van der Waals surface area contributed by atoms with Crippen LogP contribution in [0.2, 0.25) is 5.02 Å². The predicted molar refractivity (Wildman–Crippen MR) is 112 cm³/mol. The molecule has 1 aromatic heterocycles. The summed E-state index contributed by atoms with van der Waals surface area (Å²) in [6.07, 6.45) is 1.55. The van der Waals surface area contributed by atoms with Gasteiger partial charge in [0.1, 0.15) is 10.7 Å². The lowest BCUT2D eigenvalue weighted by molar-refractivity contribution is -0.131. The third-order valence-electron chi connectivity index (χ3n) is 3.37. The van der Waals surface area contributed by atoms with Gasteiger partial charge in [0.25, 0.3) is 11.1 Å². The number of ether oxygens (including phenoxy) is 1. The van der Waals surface area contributed by atoms with Gasteiger partial charge in [-0.05, 0) is 76.3 Å². The molecule has 0 bridgehead atoms. The minimum atomic E-state index is -1.08. The number of benzene rings is 2. The molecule has 0 spiro atoms. The summed E-state index contributed by atoms with van der Waals surface area (Å²) < 4.78 is 11.9. The van der Waals surface area contributed by atoms with Crippen LogP contribution in [0.4, 0.5) is 0 Å². The second-order valence-corrected chi connectivity index (χ2v) is 7.86. The fourth-order valence-corrected chi connectivity index (χ4v) is 3.35. The molecule has 0 saturated heterocycles. The minimum Gasteiger partial charge on any atom is -0.496 e. The molecule has 0 fully saturated rings. The second kappa shape index (κ2) is 8.77. The van der Waals surface area contributed by atoms with Gasteiger partial charge in [-0.3, -0.25) is 0 Å². The Labute approximate surface area is 177 Å². The molecule has 9 heteroatoms. The Morgan fingerprint density at radius 2 is 2.00 bits per heavy atom. The molecule has 3 aromatic rings. The fourth-order valence-electron chi connectivity index (χ4n) is 2.15. The van der Waals surface area contributed by atoms with Crippen LogP contribution in [0.5, 0.6) is 5.75 Å². The van der Waals surface area contributed by atoms with Crippen LogP contribution >= 0.6 is 46.0 Å². The zero-order chi connectivity index (χ0) is 19.4. The molecule has 0 unspecified atom stereocenters. The molecule has 3 rings (SSSR count). The number of nitrogens with zero attached hydrogens (tertiary/aromatic N) is 2. The summed E-state index contributed by atoms with van der Waals surface area (Å²) in [5.74, 6) is -0.373. The van der Waals surface area contributed by atoms with Crippen molar-refractivity contribution in [3.05, 3.63) is 61.5 Å². The number of rotatable bonds is 6. The van der Waals surface area contributed by atoms with Crippen LogP contribution in [0.1, 0.15) is 5.56 Å². The Bertz CT molecular complexity index is 1000. The van der Waals surface area contributed by atoms with Crippen LogP contribution in [0.15, 0.2) is 57.0 Å². The van der Waals surface area contributed by atoms with E-state index in [0.717, 1.165) is 20.9 Å². The zero-order valence-corrected chi connectivity index (χ0v) is 17.6. The van der Waals surface area contributed by atoms with Gasteiger partial charge in [0.05, 0.1) is 12.7 Å². The van der Waals surface area contributed by atoms with Gasteiger partial charge in [0.15, 0.2) is 0 Å². The molecule has 1 N–H and O–H groups in total. The number of carbonyl (C=O) groups is 1. The summed E-state index contributed by atoms with van der Waals surface area (Å²) in [5.41, 5.74) is 1.29. The summed E-state index contributed by atoms with van der Waals surface area (Å²) in [6, 6.07) is 12.5. The molecule has 0 radical (unpaired) electrons. The van der Waals surface area contributed by atoms with E-state index in [2.05, 4.69) is 32.8 Å². The maximum absolute atomic E-state index is 11.6. The first-order chi connectivity index (χ1) is 13.0. The van der Waals surface area contributed by atoms with E-state index >= 15 is 0 Å². The molecular formula is C18H12ClIN2O4S. The zero-order valence-electron chi connectivity index (χ0n) is 13.8. The Morgan fingerprint density at radius 3 is 2.67 bits per heavy atom. The average Bonchev–Trinajstić information content (AvgIpc) is 3.11. The van der Waals surface area contributed by atoms with Crippen molar-refractivity contribution in [3.63, 3.8) is 0 Å². The van der Waals surface area contributed by atoms with E-state index in [-0.39, 0.29) is 16.0 Å². The lowest BCUT2D eigenvalue weighted by Gasteiger charge is -2.04. The van der Waals surface area contributed by atoms with Crippen LogP contribution in [0.3, 0.4) is 0 Å². The first-order valence-electron chi connectivity index (χ1n) is 7.52. The molecule has 0 amide bonds. The summed E-state index contributed by atoms with van der Waals surface area (Å²) >= 11 is 9.08. The van der Waals surface area contributed by atoms with Crippen molar-refractivity contribution in [1.29, 1.82) is 0 Å². The van der Waals surface area contributed by atoms with Crippen molar-refractivity contribution in [1.82, 2.24) is 10.2 Å². The van der Waals surface area contributed by atoms with Crippen LogP contribution in [-0.2, 0) is 4.79 Å². The summed E-state index contributed by atoms with van der Waals surface area (Å²) in [6.45, 7) is 0. The molecule has 27 heavy (non-hydrogen) atoms.